The van der Waals surface area contributed by atoms with Crippen molar-refractivity contribution in [1.29, 1.82) is 0 Å². The minimum absolute atomic E-state index is 0.0782. The van der Waals surface area contributed by atoms with E-state index in [4.69, 9.17) is 4.74 Å². The molecule has 0 saturated heterocycles. The minimum Gasteiger partial charge on any atom is -0.477 e. The van der Waals surface area contributed by atoms with Crippen LogP contribution < -0.4 is 10.1 Å². The number of benzene rings is 2. The van der Waals surface area contributed by atoms with E-state index in [0.29, 0.717) is 5.69 Å². The number of para-hydroxylation sites is 1. The van der Waals surface area contributed by atoms with Gasteiger partial charge in [-0.25, -0.2) is 0 Å². The Morgan fingerprint density at radius 3 is 2.84 bits per heavy atom. The van der Waals surface area contributed by atoms with Gasteiger partial charge in [0, 0.05) is 16.7 Å². The summed E-state index contributed by atoms with van der Waals surface area (Å²) >= 11 is 1.55. The number of nitro groups is 1. The van der Waals surface area contributed by atoms with E-state index < -0.39 is 4.92 Å². The Balaban J connectivity index is 2.04. The van der Waals surface area contributed by atoms with Crippen LogP contribution in [0.2, 0.25) is 0 Å². The SMILES string of the molecule is C=CCSc1ccccc1NC(=O)COc1cc(C)ccc1[N+](=O)[O-]. The monoisotopic (exact) mass is 358 g/mol. The fourth-order valence-corrected chi connectivity index (χ4v) is 2.81. The number of carbonyl (C=O) groups is 1. The molecule has 2 aromatic carbocycles. The number of nitrogens with zero attached hydrogens (tertiary/aromatic N) is 1. The number of nitrogens with one attached hydrogen (secondary N) is 1. The van der Waals surface area contributed by atoms with Crippen molar-refractivity contribution >= 4 is 29.0 Å². The number of hydrogen-bond donors (Lipinski definition) is 1. The molecule has 0 heterocycles. The third kappa shape index (κ3) is 5.36. The topological polar surface area (TPSA) is 81.5 Å². The highest BCUT2D eigenvalue weighted by Gasteiger charge is 2.16. The van der Waals surface area contributed by atoms with Crippen molar-refractivity contribution in [3.05, 3.63) is 70.8 Å². The summed E-state index contributed by atoms with van der Waals surface area (Å²) in [5.74, 6) is 0.413. The van der Waals surface area contributed by atoms with Gasteiger partial charge in [-0.1, -0.05) is 24.3 Å². The molecule has 130 valence electrons. The molecule has 0 aliphatic heterocycles. The summed E-state index contributed by atoms with van der Waals surface area (Å²) in [7, 11) is 0. The van der Waals surface area contributed by atoms with Gasteiger partial charge in [-0.05, 0) is 30.7 Å². The average molecular weight is 358 g/mol. The maximum atomic E-state index is 12.1. The van der Waals surface area contributed by atoms with Crippen LogP contribution in [0, 0.1) is 17.0 Å². The van der Waals surface area contributed by atoms with Crippen LogP contribution in [0.15, 0.2) is 60.0 Å². The lowest BCUT2D eigenvalue weighted by Crippen LogP contribution is -2.20. The number of nitro benzene ring substituents is 1. The Morgan fingerprint density at radius 2 is 2.12 bits per heavy atom. The lowest BCUT2D eigenvalue weighted by molar-refractivity contribution is -0.385. The van der Waals surface area contributed by atoms with E-state index >= 15 is 0 Å². The van der Waals surface area contributed by atoms with E-state index in [2.05, 4.69) is 11.9 Å². The number of aryl methyl sites for hydroxylation is 1. The number of carbonyl (C=O) groups excluding carboxylic acids is 1. The Hall–Kier alpha value is -2.80. The summed E-state index contributed by atoms with van der Waals surface area (Å²) in [4.78, 5) is 23.6. The van der Waals surface area contributed by atoms with Gasteiger partial charge in [-0.2, -0.15) is 0 Å². The van der Waals surface area contributed by atoms with Crippen LogP contribution in [0.3, 0.4) is 0 Å². The predicted octanol–water partition coefficient (Wildman–Crippen LogP) is 4.20. The zero-order valence-corrected chi connectivity index (χ0v) is 14.5. The minimum atomic E-state index is -0.534. The molecule has 0 radical (unpaired) electrons. The van der Waals surface area contributed by atoms with Crippen molar-refractivity contribution in [2.45, 2.75) is 11.8 Å². The zero-order chi connectivity index (χ0) is 18.2. The second-order valence-corrected chi connectivity index (χ2v) is 6.22. The van der Waals surface area contributed by atoms with Crippen molar-refractivity contribution in [2.24, 2.45) is 0 Å². The molecule has 1 amide bonds. The molecule has 7 heteroatoms. The molecular weight excluding hydrogens is 340 g/mol. The highest BCUT2D eigenvalue weighted by molar-refractivity contribution is 7.99. The van der Waals surface area contributed by atoms with Gasteiger partial charge in [0.2, 0.25) is 0 Å². The van der Waals surface area contributed by atoms with E-state index in [9.17, 15) is 14.9 Å². The molecule has 0 aliphatic carbocycles. The summed E-state index contributed by atoms with van der Waals surface area (Å²) in [6.07, 6.45) is 1.78. The molecule has 6 nitrogen and oxygen atoms in total. The molecular formula is C18H18N2O4S. The number of anilines is 1. The van der Waals surface area contributed by atoms with Crippen molar-refractivity contribution in [3.63, 3.8) is 0 Å². The van der Waals surface area contributed by atoms with Crippen molar-refractivity contribution < 1.29 is 14.5 Å². The Labute approximate surface area is 150 Å². The Kier molecular flexibility index (Phi) is 6.59. The van der Waals surface area contributed by atoms with Gasteiger partial charge in [0.25, 0.3) is 5.91 Å². The van der Waals surface area contributed by atoms with Crippen LogP contribution in [0.5, 0.6) is 5.75 Å². The van der Waals surface area contributed by atoms with E-state index in [0.717, 1.165) is 16.2 Å². The first-order valence-corrected chi connectivity index (χ1v) is 8.50. The fourth-order valence-electron chi connectivity index (χ4n) is 2.06. The molecule has 0 unspecified atom stereocenters. The number of hydrogen-bond acceptors (Lipinski definition) is 5. The van der Waals surface area contributed by atoms with Gasteiger partial charge in [0.15, 0.2) is 12.4 Å². The second-order valence-electron chi connectivity index (χ2n) is 5.16. The smallest absolute Gasteiger partial charge is 0.310 e. The molecule has 2 aromatic rings. The van der Waals surface area contributed by atoms with Crippen LogP contribution >= 0.6 is 11.8 Å². The highest BCUT2D eigenvalue weighted by Crippen LogP contribution is 2.29. The quantitative estimate of drug-likeness (QED) is 0.331. The maximum Gasteiger partial charge on any atom is 0.310 e. The summed E-state index contributed by atoms with van der Waals surface area (Å²) in [6.45, 7) is 5.16. The number of rotatable bonds is 8. The lowest BCUT2D eigenvalue weighted by Gasteiger charge is -2.11. The maximum absolute atomic E-state index is 12.1. The van der Waals surface area contributed by atoms with Crippen molar-refractivity contribution in [1.82, 2.24) is 0 Å². The van der Waals surface area contributed by atoms with Crippen LogP contribution in [0.1, 0.15) is 5.56 Å². The Bertz CT molecular complexity index is 792. The molecule has 0 aromatic heterocycles. The fraction of sp³-hybridized carbons (Fsp3) is 0.167. The third-order valence-corrected chi connectivity index (χ3v) is 4.26. The molecule has 0 saturated carbocycles. The molecule has 25 heavy (non-hydrogen) atoms. The van der Waals surface area contributed by atoms with E-state index in [-0.39, 0.29) is 24.0 Å². The van der Waals surface area contributed by atoms with Crippen molar-refractivity contribution in [3.8, 4) is 5.75 Å². The summed E-state index contributed by atoms with van der Waals surface area (Å²) < 4.78 is 5.36. The highest BCUT2D eigenvalue weighted by atomic mass is 32.2. The molecule has 1 N–H and O–H groups in total. The van der Waals surface area contributed by atoms with Gasteiger partial charge >= 0.3 is 5.69 Å². The number of ether oxygens (including phenoxy) is 1. The van der Waals surface area contributed by atoms with E-state index in [1.165, 1.54) is 6.07 Å². The molecule has 0 spiro atoms. The molecule has 0 fully saturated rings. The first kappa shape index (κ1) is 18.5. The number of amides is 1. The van der Waals surface area contributed by atoms with Crippen LogP contribution in [0.4, 0.5) is 11.4 Å². The second kappa shape index (κ2) is 8.89. The van der Waals surface area contributed by atoms with Crippen molar-refractivity contribution in [2.75, 3.05) is 17.7 Å². The van der Waals surface area contributed by atoms with E-state index in [1.807, 2.05) is 18.2 Å². The Morgan fingerprint density at radius 1 is 1.36 bits per heavy atom. The van der Waals surface area contributed by atoms with Gasteiger partial charge < -0.3 is 10.1 Å². The van der Waals surface area contributed by atoms with Gasteiger partial charge in [-0.15, -0.1) is 18.3 Å². The van der Waals surface area contributed by atoms with E-state index in [1.54, 1.807) is 43.0 Å². The van der Waals surface area contributed by atoms with Gasteiger partial charge in [0.1, 0.15) is 0 Å². The first-order valence-electron chi connectivity index (χ1n) is 7.51. The van der Waals surface area contributed by atoms with Crippen LogP contribution in [0.25, 0.3) is 0 Å². The van der Waals surface area contributed by atoms with Crippen LogP contribution in [-0.2, 0) is 4.79 Å². The molecule has 0 aliphatic rings. The average Bonchev–Trinajstić information content (AvgIpc) is 2.59. The standard InChI is InChI=1S/C18H18N2O4S/c1-3-10-25-17-7-5-4-6-14(17)19-18(21)12-24-16-11-13(2)8-9-15(16)20(22)23/h3-9,11H,1,10,12H2,2H3,(H,19,21). The zero-order valence-electron chi connectivity index (χ0n) is 13.7. The van der Waals surface area contributed by atoms with Crippen LogP contribution in [-0.4, -0.2) is 23.2 Å². The molecule has 2 rings (SSSR count). The summed E-state index contributed by atoms with van der Waals surface area (Å²) in [5, 5.41) is 13.8. The normalized spacial score (nSPS) is 10.1. The number of thioether (sulfide) groups is 1. The predicted molar refractivity (Wildman–Crippen MR) is 99.3 cm³/mol. The lowest BCUT2D eigenvalue weighted by atomic mass is 10.2. The largest absolute Gasteiger partial charge is 0.477 e. The summed E-state index contributed by atoms with van der Waals surface area (Å²) in [6, 6.07) is 11.9. The molecule has 0 bridgehead atoms. The summed E-state index contributed by atoms with van der Waals surface area (Å²) in [5.41, 5.74) is 1.31. The molecule has 0 atom stereocenters. The first-order chi connectivity index (χ1) is 12.0. The van der Waals surface area contributed by atoms with Gasteiger partial charge in [0.05, 0.1) is 10.6 Å². The third-order valence-electron chi connectivity index (χ3n) is 3.19. The van der Waals surface area contributed by atoms with Gasteiger partial charge in [-0.3, -0.25) is 14.9 Å².